The average molecular weight is 735 g/mol. The number of rotatable bonds is 12. The summed E-state index contributed by atoms with van der Waals surface area (Å²) in [6, 6.07) is 16.0. The van der Waals surface area contributed by atoms with Gasteiger partial charge in [0.25, 0.3) is 0 Å². The zero-order chi connectivity index (χ0) is 37.0. The van der Waals surface area contributed by atoms with Crippen molar-refractivity contribution < 1.29 is 27.1 Å². The highest BCUT2D eigenvalue weighted by atomic mass is 32.2. The molecule has 52 heavy (non-hydrogen) atoms. The fraction of sp³-hybridized carbons (Fsp3) is 0.564. The molecule has 280 valence electrons. The van der Waals surface area contributed by atoms with Gasteiger partial charge >= 0.3 is 6.09 Å². The first-order chi connectivity index (χ1) is 24.9. The number of anilines is 1. The summed E-state index contributed by atoms with van der Waals surface area (Å²) in [5.41, 5.74) is 0.756. The lowest BCUT2D eigenvalue weighted by Crippen LogP contribution is -2.56. The van der Waals surface area contributed by atoms with Gasteiger partial charge in [-0.2, -0.15) is 5.26 Å². The Balaban J connectivity index is 1.01. The highest BCUT2D eigenvalue weighted by Crippen LogP contribution is 2.50. The molecule has 3 atom stereocenters. The molecule has 2 aromatic rings. The molecule has 1 N–H and O–H groups in total. The summed E-state index contributed by atoms with van der Waals surface area (Å²) in [5, 5.41) is 13.3. The van der Waals surface area contributed by atoms with E-state index in [0.29, 0.717) is 18.0 Å². The van der Waals surface area contributed by atoms with Crippen molar-refractivity contribution in [3.63, 3.8) is 0 Å². The Kier molecular flexibility index (Phi) is 11.6. The molecule has 6 rings (SSSR count). The molecule has 2 amide bonds. The number of carbonyl (C=O) groups excluding carboxylic acids is 2. The number of nitriles is 1. The van der Waals surface area contributed by atoms with Crippen LogP contribution in [0.15, 0.2) is 65.6 Å². The Morgan fingerprint density at radius 1 is 1.06 bits per heavy atom. The number of hydrogen-bond acceptors (Lipinski definition) is 9. The predicted octanol–water partition coefficient (Wildman–Crippen LogP) is 4.06. The number of benzene rings is 2. The topological polar surface area (TPSA) is 126 Å². The second-order valence-corrected chi connectivity index (χ2v) is 17.4. The molecule has 0 radical (unpaired) electrons. The second kappa shape index (κ2) is 15.9. The van der Waals surface area contributed by atoms with E-state index in [2.05, 4.69) is 21.2 Å². The summed E-state index contributed by atoms with van der Waals surface area (Å²) in [6.07, 6.45) is 6.80. The van der Waals surface area contributed by atoms with Gasteiger partial charge in [-0.25, -0.2) is 17.6 Å². The van der Waals surface area contributed by atoms with Crippen molar-refractivity contribution >= 4 is 27.5 Å². The van der Waals surface area contributed by atoms with Crippen LogP contribution < -0.4 is 10.2 Å². The van der Waals surface area contributed by atoms with E-state index in [-0.39, 0.29) is 47.6 Å². The van der Waals surface area contributed by atoms with E-state index in [9.17, 15) is 27.7 Å². The number of piperidine rings is 1. The number of likely N-dealkylation sites (tertiary alicyclic amines) is 2. The first-order valence-electron chi connectivity index (χ1n) is 18.4. The molecule has 13 heteroatoms. The van der Waals surface area contributed by atoms with Crippen molar-refractivity contribution in [3.05, 3.63) is 72.1 Å². The molecule has 3 saturated heterocycles. The van der Waals surface area contributed by atoms with Crippen LogP contribution in [0.1, 0.15) is 37.7 Å². The van der Waals surface area contributed by atoms with Crippen LogP contribution in [0.4, 0.5) is 14.9 Å². The minimum Gasteiger partial charge on any atom is -0.453 e. The summed E-state index contributed by atoms with van der Waals surface area (Å²) in [5.74, 6) is -0.186. The van der Waals surface area contributed by atoms with E-state index < -0.39 is 26.6 Å². The maximum atomic E-state index is 14.6. The summed E-state index contributed by atoms with van der Waals surface area (Å²) in [4.78, 5) is 33.1. The number of sulfone groups is 1. The molecule has 4 aliphatic rings. The van der Waals surface area contributed by atoms with Gasteiger partial charge in [-0.1, -0.05) is 24.6 Å². The molecule has 1 unspecified atom stereocenters. The van der Waals surface area contributed by atoms with E-state index in [1.54, 1.807) is 29.2 Å². The van der Waals surface area contributed by atoms with E-state index in [4.69, 9.17) is 4.74 Å². The number of carbonyl (C=O) groups is 2. The lowest BCUT2D eigenvalue weighted by Gasteiger charge is -2.48. The molecule has 0 aromatic heterocycles. The number of hydrogen-bond donors (Lipinski definition) is 1. The van der Waals surface area contributed by atoms with Gasteiger partial charge in [0, 0.05) is 68.9 Å². The second-order valence-electron chi connectivity index (χ2n) is 15.2. The molecule has 0 spiro atoms. The number of nitrogens with one attached hydrogen (secondary N) is 1. The number of alkyl carbamates (subject to hydrolysis) is 1. The van der Waals surface area contributed by atoms with Crippen LogP contribution in [0.5, 0.6) is 0 Å². The van der Waals surface area contributed by atoms with Gasteiger partial charge in [0.15, 0.2) is 9.84 Å². The standard InChI is InChI=1S/C39H51FN6O5S/c1-43(2)18-6-11-37(47)46-25-34(26-46)52(49,50)33-14-12-32(13-15-33)45-23-28(24-45)22-44-19-16-29(17-20-44)39(27-41,30-7-4-8-31(40)21-30)35-9-5-10-36(35)42-38(48)51-3/h4,6-8,11-15,21,28-29,34-36H,5,9-10,16-20,22-26H2,1-3H3,(H,42,48)/b11-6+/t35?,36-,39-/m0/s1. The first kappa shape index (κ1) is 37.8. The molecule has 2 aromatic carbocycles. The zero-order valence-corrected chi connectivity index (χ0v) is 31.2. The molecule has 11 nitrogen and oxygen atoms in total. The van der Waals surface area contributed by atoms with Crippen molar-refractivity contribution in [2.45, 2.75) is 53.7 Å². The van der Waals surface area contributed by atoms with Crippen molar-refractivity contribution in [2.24, 2.45) is 17.8 Å². The van der Waals surface area contributed by atoms with Crippen LogP contribution in [0.25, 0.3) is 0 Å². The summed E-state index contributed by atoms with van der Waals surface area (Å²) >= 11 is 0. The van der Waals surface area contributed by atoms with E-state index >= 15 is 0 Å². The van der Waals surface area contributed by atoms with Crippen molar-refractivity contribution in [1.29, 1.82) is 5.26 Å². The average Bonchev–Trinajstić information content (AvgIpc) is 3.54. The van der Waals surface area contributed by atoms with Crippen LogP contribution in [-0.4, -0.2) is 120 Å². The summed E-state index contributed by atoms with van der Waals surface area (Å²) in [7, 11) is 1.64. The van der Waals surface area contributed by atoms with Gasteiger partial charge in [0.05, 0.1) is 23.5 Å². The van der Waals surface area contributed by atoms with Gasteiger partial charge in [-0.3, -0.25) is 4.79 Å². The Hall–Kier alpha value is -3.99. The van der Waals surface area contributed by atoms with Crippen LogP contribution in [0, 0.1) is 34.9 Å². The smallest absolute Gasteiger partial charge is 0.407 e. The monoisotopic (exact) mass is 734 g/mol. The van der Waals surface area contributed by atoms with Crippen LogP contribution >= 0.6 is 0 Å². The van der Waals surface area contributed by atoms with Gasteiger partial charge in [-0.15, -0.1) is 0 Å². The van der Waals surface area contributed by atoms with Gasteiger partial charge in [0.1, 0.15) is 11.1 Å². The van der Waals surface area contributed by atoms with Crippen molar-refractivity contribution in [3.8, 4) is 6.07 Å². The molecule has 3 heterocycles. The Bertz CT molecular complexity index is 1760. The minimum atomic E-state index is -3.53. The minimum absolute atomic E-state index is 0.0155. The lowest BCUT2D eigenvalue weighted by molar-refractivity contribution is -0.129. The lowest BCUT2D eigenvalue weighted by atomic mass is 9.59. The predicted molar refractivity (Wildman–Crippen MR) is 197 cm³/mol. The van der Waals surface area contributed by atoms with Crippen molar-refractivity contribution in [1.82, 2.24) is 20.0 Å². The van der Waals surface area contributed by atoms with Gasteiger partial charge < -0.3 is 29.7 Å². The van der Waals surface area contributed by atoms with Crippen LogP contribution in [-0.2, 0) is 24.8 Å². The van der Waals surface area contributed by atoms with Crippen molar-refractivity contribution in [2.75, 3.05) is 78.5 Å². The number of halogens is 1. The maximum Gasteiger partial charge on any atom is 0.407 e. The molecule has 1 aliphatic carbocycles. The van der Waals surface area contributed by atoms with Gasteiger partial charge in [0.2, 0.25) is 5.91 Å². The third kappa shape index (κ3) is 7.84. The fourth-order valence-corrected chi connectivity index (χ4v) is 10.4. The van der Waals surface area contributed by atoms with Crippen LogP contribution in [0.3, 0.4) is 0 Å². The van der Waals surface area contributed by atoms with Gasteiger partial charge in [-0.05, 0) is 101 Å². The SMILES string of the molecule is COC(=O)N[C@H]1CCCC1[C@](C#N)(c1cccc(F)c1)C1CCN(CC2CN(c3ccc(S(=O)(=O)C4CN(C(=O)/C=C/CN(C)C)C4)cc3)C2)CC1. The number of likely N-dealkylation sites (N-methyl/N-ethyl adjacent to an activating group) is 1. The highest BCUT2D eigenvalue weighted by Gasteiger charge is 2.53. The third-order valence-electron chi connectivity index (χ3n) is 11.6. The van der Waals surface area contributed by atoms with E-state index in [1.807, 2.05) is 37.2 Å². The largest absolute Gasteiger partial charge is 0.453 e. The summed E-state index contributed by atoms with van der Waals surface area (Å²) < 4.78 is 46.0. The third-order valence-corrected chi connectivity index (χ3v) is 13.7. The first-order valence-corrected chi connectivity index (χ1v) is 19.9. The molecule has 1 saturated carbocycles. The Morgan fingerprint density at radius 3 is 2.40 bits per heavy atom. The molecular formula is C39H51FN6O5S. The number of amides is 2. The molecule has 3 aliphatic heterocycles. The Morgan fingerprint density at radius 2 is 1.77 bits per heavy atom. The number of nitrogens with zero attached hydrogens (tertiary/aromatic N) is 5. The molecule has 0 bridgehead atoms. The Labute approximate surface area is 307 Å². The summed E-state index contributed by atoms with van der Waals surface area (Å²) in [6.45, 7) is 5.42. The fourth-order valence-electron chi connectivity index (χ4n) is 8.78. The maximum absolute atomic E-state index is 14.6. The zero-order valence-electron chi connectivity index (χ0n) is 30.4. The molecule has 4 fully saturated rings. The highest BCUT2D eigenvalue weighted by molar-refractivity contribution is 7.92. The number of methoxy groups -OCH3 is 1. The number of ether oxygens (including phenoxy) is 1. The van der Waals surface area contributed by atoms with E-state index in [0.717, 1.165) is 70.5 Å². The molecular weight excluding hydrogens is 684 g/mol. The quantitative estimate of drug-likeness (QED) is 0.322. The van der Waals surface area contributed by atoms with Crippen LogP contribution in [0.2, 0.25) is 0 Å². The normalized spacial score (nSPS) is 23.2. The van der Waals surface area contributed by atoms with E-state index in [1.165, 1.54) is 25.3 Å².